The predicted molar refractivity (Wildman–Crippen MR) is 67.6 cm³/mol. The van der Waals surface area contributed by atoms with Gasteiger partial charge in [-0.3, -0.25) is 14.3 Å². The van der Waals surface area contributed by atoms with Crippen LogP contribution in [0.3, 0.4) is 0 Å². The summed E-state index contributed by atoms with van der Waals surface area (Å²) < 4.78 is 10.8. The number of pyridine rings is 1. The minimum absolute atomic E-state index is 0.0310. The van der Waals surface area contributed by atoms with Crippen molar-refractivity contribution < 1.29 is 9.13 Å². The summed E-state index contributed by atoms with van der Waals surface area (Å²) in [5.74, 6) is 0.583. The lowest BCUT2D eigenvalue weighted by molar-refractivity contribution is -0.384. The molecule has 1 rings (SSSR count). The van der Waals surface area contributed by atoms with Gasteiger partial charge in [0.2, 0.25) is 5.82 Å². The molecule has 0 spiro atoms. The topological polar surface area (TPSA) is 109 Å². The van der Waals surface area contributed by atoms with E-state index in [9.17, 15) is 14.3 Å². The lowest BCUT2D eigenvalue weighted by atomic mass is 10.2. The number of nitro groups is 1. The number of hydrogen-bond acceptors (Lipinski definition) is 6. The number of aromatic nitrogens is 1. The van der Waals surface area contributed by atoms with Crippen molar-refractivity contribution in [2.24, 2.45) is 0 Å². The molecular weight excluding hydrogens is 256 g/mol. The Hall–Kier alpha value is -2.01. The lowest BCUT2D eigenvalue weighted by Crippen LogP contribution is -2.09. The third kappa shape index (κ3) is 3.78. The molecule has 0 radical (unpaired) electrons. The molecular formula is C10H12N4O3S. The lowest BCUT2D eigenvalue weighted by Gasteiger charge is -2.05. The maximum Gasteiger partial charge on any atom is 0.328 e. The van der Waals surface area contributed by atoms with Gasteiger partial charge in [0.1, 0.15) is 11.6 Å². The van der Waals surface area contributed by atoms with Gasteiger partial charge in [0.15, 0.2) is 0 Å². The van der Waals surface area contributed by atoms with Gasteiger partial charge in [-0.25, -0.2) is 4.98 Å². The maximum atomic E-state index is 10.9. The average molecular weight is 268 g/mol. The fourth-order valence-corrected chi connectivity index (χ4v) is 1.89. The van der Waals surface area contributed by atoms with Crippen molar-refractivity contribution in [1.29, 1.82) is 5.26 Å². The SMILES string of the molecule is CS(=O)CCCNc1nccc(C#N)c1[N+](=O)[O-]. The zero-order valence-electron chi connectivity index (χ0n) is 9.75. The zero-order valence-corrected chi connectivity index (χ0v) is 10.6. The molecule has 1 heterocycles. The summed E-state index contributed by atoms with van der Waals surface area (Å²) in [7, 11) is -0.890. The number of nitriles is 1. The first kappa shape index (κ1) is 14.1. The van der Waals surface area contributed by atoms with Crippen molar-refractivity contribution in [1.82, 2.24) is 4.98 Å². The summed E-state index contributed by atoms with van der Waals surface area (Å²) in [5, 5.41) is 22.4. The number of rotatable bonds is 6. The van der Waals surface area contributed by atoms with Gasteiger partial charge in [-0.1, -0.05) is 0 Å². The maximum absolute atomic E-state index is 10.9. The van der Waals surface area contributed by atoms with Crippen LogP contribution in [0.1, 0.15) is 12.0 Å². The molecule has 0 saturated heterocycles. The van der Waals surface area contributed by atoms with E-state index < -0.39 is 15.7 Å². The van der Waals surface area contributed by atoms with E-state index in [4.69, 9.17) is 5.26 Å². The molecule has 1 N–H and O–H groups in total. The molecule has 0 amide bonds. The first-order valence-electron chi connectivity index (χ1n) is 5.13. The fraction of sp³-hybridized carbons (Fsp3) is 0.400. The van der Waals surface area contributed by atoms with Crippen LogP contribution in [-0.2, 0) is 10.8 Å². The summed E-state index contributed by atoms with van der Waals surface area (Å²) in [5.41, 5.74) is -0.353. The van der Waals surface area contributed by atoms with Crippen molar-refractivity contribution in [2.75, 3.05) is 23.9 Å². The average Bonchev–Trinajstić information content (AvgIpc) is 2.33. The zero-order chi connectivity index (χ0) is 13.5. The Kier molecular flexibility index (Phi) is 5.20. The van der Waals surface area contributed by atoms with Crippen LogP contribution in [0, 0.1) is 21.4 Å². The molecule has 0 fully saturated rings. The molecule has 7 nitrogen and oxygen atoms in total. The van der Waals surface area contributed by atoms with Gasteiger partial charge in [-0.2, -0.15) is 5.26 Å². The van der Waals surface area contributed by atoms with Gasteiger partial charge in [0, 0.05) is 35.5 Å². The molecule has 1 aromatic rings. The van der Waals surface area contributed by atoms with Crippen LogP contribution in [-0.4, -0.2) is 32.7 Å². The van der Waals surface area contributed by atoms with Crippen LogP contribution in [0.2, 0.25) is 0 Å². The van der Waals surface area contributed by atoms with Crippen LogP contribution in [0.15, 0.2) is 12.3 Å². The second kappa shape index (κ2) is 6.66. The summed E-state index contributed by atoms with van der Waals surface area (Å²) in [6.45, 7) is 0.419. The van der Waals surface area contributed by atoms with Gasteiger partial charge in [-0.05, 0) is 12.5 Å². The van der Waals surface area contributed by atoms with E-state index in [1.807, 2.05) is 0 Å². The van der Waals surface area contributed by atoms with Crippen molar-refractivity contribution >= 4 is 22.3 Å². The summed E-state index contributed by atoms with van der Waals surface area (Å²) >= 11 is 0. The number of nitrogens with one attached hydrogen (secondary N) is 1. The van der Waals surface area contributed by atoms with Crippen molar-refractivity contribution in [3.8, 4) is 6.07 Å². The van der Waals surface area contributed by atoms with Crippen molar-refractivity contribution in [2.45, 2.75) is 6.42 Å². The number of hydrogen-bond donors (Lipinski definition) is 1. The van der Waals surface area contributed by atoms with E-state index in [0.29, 0.717) is 18.7 Å². The summed E-state index contributed by atoms with van der Waals surface area (Å²) in [4.78, 5) is 14.1. The molecule has 0 aliphatic carbocycles. The third-order valence-corrected chi connectivity index (χ3v) is 2.99. The molecule has 96 valence electrons. The Bertz CT molecular complexity index is 512. The number of nitrogens with zero attached hydrogens (tertiary/aromatic N) is 3. The highest BCUT2D eigenvalue weighted by atomic mass is 32.2. The van der Waals surface area contributed by atoms with Crippen LogP contribution in [0.4, 0.5) is 11.5 Å². The normalized spacial score (nSPS) is 11.6. The van der Waals surface area contributed by atoms with E-state index in [-0.39, 0.29) is 17.1 Å². The third-order valence-electron chi connectivity index (χ3n) is 2.13. The van der Waals surface area contributed by atoms with E-state index in [0.717, 1.165) is 0 Å². The first-order chi connectivity index (χ1) is 8.56. The molecule has 0 saturated carbocycles. The Labute approximate surface area is 106 Å². The quantitative estimate of drug-likeness (QED) is 0.469. The Balaban J connectivity index is 2.80. The molecule has 0 aliphatic heterocycles. The fourth-order valence-electron chi connectivity index (χ4n) is 1.34. The molecule has 0 aliphatic rings. The van der Waals surface area contributed by atoms with Crippen molar-refractivity contribution in [3.05, 3.63) is 27.9 Å². The standard InChI is InChI=1S/C10H12N4O3S/c1-18(17)6-2-4-12-10-9(14(15)16)8(7-11)3-5-13-10/h3,5H,2,4,6H2,1H3,(H,12,13). The van der Waals surface area contributed by atoms with Crippen LogP contribution in [0.5, 0.6) is 0 Å². The van der Waals surface area contributed by atoms with Gasteiger partial charge in [-0.15, -0.1) is 0 Å². The predicted octanol–water partition coefficient (Wildman–Crippen LogP) is 1.04. The monoisotopic (exact) mass is 268 g/mol. The second-order valence-corrected chi connectivity index (χ2v) is 5.04. The molecule has 1 unspecified atom stereocenters. The van der Waals surface area contributed by atoms with Crippen molar-refractivity contribution in [3.63, 3.8) is 0 Å². The second-order valence-electron chi connectivity index (χ2n) is 3.48. The largest absolute Gasteiger partial charge is 0.364 e. The minimum atomic E-state index is -0.890. The first-order valence-corrected chi connectivity index (χ1v) is 6.86. The Morgan fingerprint density at radius 3 is 2.94 bits per heavy atom. The molecule has 1 aromatic heterocycles. The van der Waals surface area contributed by atoms with E-state index in [1.165, 1.54) is 12.3 Å². The van der Waals surface area contributed by atoms with Crippen LogP contribution >= 0.6 is 0 Å². The van der Waals surface area contributed by atoms with Gasteiger partial charge >= 0.3 is 5.69 Å². The smallest absolute Gasteiger partial charge is 0.328 e. The van der Waals surface area contributed by atoms with E-state index in [2.05, 4.69) is 10.3 Å². The highest BCUT2D eigenvalue weighted by Gasteiger charge is 2.20. The van der Waals surface area contributed by atoms with E-state index in [1.54, 1.807) is 12.3 Å². The minimum Gasteiger partial charge on any atom is -0.364 e. The van der Waals surface area contributed by atoms with Gasteiger partial charge in [0.25, 0.3) is 0 Å². The molecule has 8 heteroatoms. The van der Waals surface area contributed by atoms with Crippen LogP contribution in [0.25, 0.3) is 0 Å². The number of anilines is 1. The van der Waals surface area contributed by atoms with Gasteiger partial charge < -0.3 is 5.32 Å². The highest BCUT2D eigenvalue weighted by Crippen LogP contribution is 2.25. The molecule has 0 bridgehead atoms. The van der Waals surface area contributed by atoms with E-state index >= 15 is 0 Å². The molecule has 0 aromatic carbocycles. The van der Waals surface area contributed by atoms with Crippen LogP contribution < -0.4 is 5.32 Å². The molecule has 1 atom stereocenters. The Morgan fingerprint density at radius 2 is 2.39 bits per heavy atom. The molecule has 18 heavy (non-hydrogen) atoms. The Morgan fingerprint density at radius 1 is 1.67 bits per heavy atom. The summed E-state index contributed by atoms with van der Waals surface area (Å²) in [6, 6.07) is 3.05. The highest BCUT2D eigenvalue weighted by molar-refractivity contribution is 7.84. The summed E-state index contributed by atoms with van der Waals surface area (Å²) in [6.07, 6.45) is 3.54. The van der Waals surface area contributed by atoms with Gasteiger partial charge in [0.05, 0.1) is 4.92 Å².